The second-order valence-electron chi connectivity index (χ2n) is 12.7. The molecule has 1 aliphatic carbocycles. The molecule has 0 radical (unpaired) electrons. The number of ether oxygens (including phenoxy) is 1. The Labute approximate surface area is 268 Å². The maximum absolute atomic E-state index is 15.0. The number of para-hydroxylation sites is 1. The summed E-state index contributed by atoms with van der Waals surface area (Å²) in [5, 5.41) is 9.18. The van der Waals surface area contributed by atoms with Gasteiger partial charge in [-0.3, -0.25) is 9.59 Å². The van der Waals surface area contributed by atoms with Crippen LogP contribution in [0.4, 0.5) is 27.5 Å². The lowest BCUT2D eigenvalue weighted by molar-refractivity contribution is -0.126. The summed E-state index contributed by atoms with van der Waals surface area (Å²) in [5.41, 5.74) is 1.77. The van der Waals surface area contributed by atoms with E-state index in [4.69, 9.17) is 9.72 Å². The van der Waals surface area contributed by atoms with Crippen LogP contribution in [0.25, 0.3) is 11.4 Å². The third kappa shape index (κ3) is 6.93. The topological polar surface area (TPSA) is 140 Å². The first-order valence-electron chi connectivity index (χ1n) is 16.4. The number of H-pyrrole nitrogens is 1. The molecule has 2 unspecified atom stereocenters. The average Bonchev–Trinajstić information content (AvgIpc) is 3.57. The molecule has 246 valence electrons. The van der Waals surface area contributed by atoms with E-state index in [2.05, 4.69) is 42.7 Å². The first-order chi connectivity index (χ1) is 22.3. The van der Waals surface area contributed by atoms with Crippen LogP contribution < -0.4 is 25.8 Å². The van der Waals surface area contributed by atoms with Gasteiger partial charge < -0.3 is 35.5 Å². The van der Waals surface area contributed by atoms with Crippen LogP contribution in [-0.2, 0) is 9.53 Å². The Morgan fingerprint density at radius 1 is 1.04 bits per heavy atom. The van der Waals surface area contributed by atoms with Crippen LogP contribution in [0.15, 0.2) is 30.5 Å². The molecule has 2 amide bonds. The zero-order valence-electron chi connectivity index (χ0n) is 26.8. The molecule has 0 bridgehead atoms. The summed E-state index contributed by atoms with van der Waals surface area (Å²) >= 11 is 0. The number of anilines is 4. The number of benzene rings is 1. The fourth-order valence-corrected chi connectivity index (χ4v) is 6.75. The quantitative estimate of drug-likeness (QED) is 0.281. The Balaban J connectivity index is 1.20. The largest absolute Gasteiger partial charge is 0.377 e. The van der Waals surface area contributed by atoms with Gasteiger partial charge in [-0.15, -0.1) is 0 Å². The van der Waals surface area contributed by atoms with Gasteiger partial charge in [-0.05, 0) is 51.7 Å². The van der Waals surface area contributed by atoms with E-state index in [-0.39, 0.29) is 35.8 Å². The summed E-state index contributed by atoms with van der Waals surface area (Å²) in [4.78, 5) is 47.4. The molecule has 2 aliphatic heterocycles. The number of hydrogen-bond acceptors (Lipinski definition) is 9. The van der Waals surface area contributed by atoms with Crippen molar-refractivity contribution in [2.45, 2.75) is 76.9 Å². The van der Waals surface area contributed by atoms with E-state index in [1.165, 1.54) is 25.3 Å². The summed E-state index contributed by atoms with van der Waals surface area (Å²) in [7, 11) is 1.75. The van der Waals surface area contributed by atoms with Crippen LogP contribution in [0.2, 0.25) is 0 Å². The lowest BCUT2D eigenvalue weighted by Crippen LogP contribution is -2.49. The van der Waals surface area contributed by atoms with Gasteiger partial charge >= 0.3 is 0 Å². The number of piperidine rings is 1. The third-order valence-electron chi connectivity index (χ3n) is 9.39. The van der Waals surface area contributed by atoms with E-state index in [1.54, 1.807) is 25.4 Å². The van der Waals surface area contributed by atoms with Gasteiger partial charge in [0.05, 0.1) is 48.1 Å². The third-order valence-corrected chi connectivity index (χ3v) is 9.39. The van der Waals surface area contributed by atoms with Crippen molar-refractivity contribution in [3.8, 4) is 11.4 Å². The van der Waals surface area contributed by atoms with Crippen molar-refractivity contribution in [2.75, 3.05) is 53.8 Å². The first-order valence-corrected chi connectivity index (χ1v) is 16.4. The lowest BCUT2D eigenvalue weighted by Gasteiger charge is -2.39. The normalized spacial score (nSPS) is 22.4. The Morgan fingerprint density at radius 3 is 2.65 bits per heavy atom. The number of hydrogen-bond donors (Lipinski definition) is 4. The van der Waals surface area contributed by atoms with Gasteiger partial charge in [0.15, 0.2) is 5.82 Å². The van der Waals surface area contributed by atoms with Crippen molar-refractivity contribution >= 4 is 35.0 Å². The number of amides is 2. The molecule has 1 aromatic carbocycles. The number of nitrogens with zero attached hydrogens (tertiary/aromatic N) is 5. The first kappa shape index (κ1) is 31.7. The van der Waals surface area contributed by atoms with Crippen LogP contribution in [0.5, 0.6) is 0 Å². The van der Waals surface area contributed by atoms with Crippen LogP contribution in [0, 0.1) is 11.7 Å². The molecule has 3 atom stereocenters. The maximum atomic E-state index is 15.0. The molecule has 13 heteroatoms. The van der Waals surface area contributed by atoms with Crippen molar-refractivity contribution < 1.29 is 18.7 Å². The highest BCUT2D eigenvalue weighted by molar-refractivity contribution is 6.04. The molecule has 3 aliphatic rings. The number of carbonyl (C=O) groups is 2. The van der Waals surface area contributed by atoms with Crippen molar-refractivity contribution in [2.24, 2.45) is 5.92 Å². The number of halogens is 1. The summed E-state index contributed by atoms with van der Waals surface area (Å²) in [6, 6.07) is 6.91. The van der Waals surface area contributed by atoms with Gasteiger partial charge in [0, 0.05) is 44.3 Å². The molecule has 6 rings (SSSR count). The van der Waals surface area contributed by atoms with Crippen LogP contribution in [-0.4, -0.2) is 83.2 Å². The van der Waals surface area contributed by atoms with E-state index in [0.29, 0.717) is 60.8 Å². The highest BCUT2D eigenvalue weighted by atomic mass is 19.1. The SMILES string of the molecule is CNc1nc(-c2cnc(C(=O)Nc3cccc(F)c3N3CCOC[C@H]3C)[nH]2)cc(N2CC(C(=O)NC3CCCCC3)CCC2C)n1. The minimum Gasteiger partial charge on any atom is -0.377 e. The van der Waals surface area contributed by atoms with Crippen molar-refractivity contribution in [3.63, 3.8) is 0 Å². The molecule has 2 saturated heterocycles. The molecule has 4 N–H and O–H groups in total. The Hall–Kier alpha value is -4.26. The molecular weight excluding hydrogens is 589 g/mol. The minimum atomic E-state index is -0.501. The standard InChI is InChI=1S/C33H44FN9O3/c1-20-12-13-22(31(44)37-23-8-5-4-6-9-23)18-43(20)28-16-26(40-33(35-3)41-28)27-17-36-30(38-27)32(45)39-25-11-7-10-24(34)29(25)42-14-15-46-19-21(42)2/h7,10-11,16-17,20-23H,4-6,8-9,12-15,18-19H2,1-3H3,(H,36,38)(H,37,44)(H,39,45)(H,35,40,41)/t20?,21-,22?/m1/s1. The van der Waals surface area contributed by atoms with Crippen molar-refractivity contribution in [1.82, 2.24) is 25.3 Å². The van der Waals surface area contributed by atoms with Gasteiger partial charge in [-0.1, -0.05) is 25.3 Å². The number of imidazole rings is 1. The van der Waals surface area contributed by atoms with Gasteiger partial charge in [0.2, 0.25) is 11.9 Å². The number of carbonyl (C=O) groups excluding carboxylic acids is 2. The Morgan fingerprint density at radius 2 is 1.87 bits per heavy atom. The van der Waals surface area contributed by atoms with Crippen molar-refractivity contribution in [1.29, 1.82) is 0 Å². The molecule has 4 heterocycles. The lowest BCUT2D eigenvalue weighted by atomic mass is 9.91. The van der Waals surface area contributed by atoms with E-state index in [9.17, 15) is 9.59 Å². The number of aromatic amines is 1. The summed E-state index contributed by atoms with van der Waals surface area (Å²) in [5.74, 6) is 0.266. The predicted octanol–water partition coefficient (Wildman–Crippen LogP) is 4.58. The van der Waals surface area contributed by atoms with Gasteiger partial charge in [0.1, 0.15) is 11.6 Å². The molecule has 12 nitrogen and oxygen atoms in total. The highest BCUT2D eigenvalue weighted by Gasteiger charge is 2.33. The molecular formula is C33H44FN9O3. The molecule has 0 spiro atoms. The summed E-state index contributed by atoms with van der Waals surface area (Å²) in [6.07, 6.45) is 8.96. The zero-order chi connectivity index (χ0) is 32.2. The number of nitrogens with one attached hydrogen (secondary N) is 4. The average molecular weight is 634 g/mol. The van der Waals surface area contributed by atoms with E-state index in [0.717, 1.165) is 25.7 Å². The molecule has 46 heavy (non-hydrogen) atoms. The zero-order valence-corrected chi connectivity index (χ0v) is 26.8. The second kappa shape index (κ2) is 14.0. The monoisotopic (exact) mass is 633 g/mol. The van der Waals surface area contributed by atoms with Gasteiger partial charge in [0.25, 0.3) is 5.91 Å². The maximum Gasteiger partial charge on any atom is 0.291 e. The van der Waals surface area contributed by atoms with Crippen LogP contribution in [0.3, 0.4) is 0 Å². The molecule has 3 aromatic rings. The van der Waals surface area contributed by atoms with E-state index < -0.39 is 11.7 Å². The van der Waals surface area contributed by atoms with E-state index in [1.807, 2.05) is 17.9 Å². The van der Waals surface area contributed by atoms with E-state index >= 15 is 4.39 Å². The minimum absolute atomic E-state index is 0.0472. The number of rotatable bonds is 8. The Bertz CT molecular complexity index is 1540. The fraction of sp³-hybridized carbons (Fsp3) is 0.545. The van der Waals surface area contributed by atoms with Crippen LogP contribution >= 0.6 is 0 Å². The van der Waals surface area contributed by atoms with Crippen LogP contribution in [0.1, 0.15) is 69.4 Å². The summed E-state index contributed by atoms with van der Waals surface area (Å²) < 4.78 is 20.6. The fourth-order valence-electron chi connectivity index (χ4n) is 6.75. The van der Waals surface area contributed by atoms with Gasteiger partial charge in [-0.25, -0.2) is 14.4 Å². The van der Waals surface area contributed by atoms with Gasteiger partial charge in [-0.2, -0.15) is 4.98 Å². The predicted molar refractivity (Wildman–Crippen MR) is 176 cm³/mol. The van der Waals surface area contributed by atoms with Crippen molar-refractivity contribution in [3.05, 3.63) is 42.1 Å². The smallest absolute Gasteiger partial charge is 0.291 e. The molecule has 3 fully saturated rings. The number of morpholine rings is 1. The second-order valence-corrected chi connectivity index (χ2v) is 12.7. The molecule has 2 aromatic heterocycles. The summed E-state index contributed by atoms with van der Waals surface area (Å²) in [6.45, 7) is 6.14. The number of aromatic nitrogens is 4. The Kier molecular flexibility index (Phi) is 9.67. The highest BCUT2D eigenvalue weighted by Crippen LogP contribution is 2.33. The molecule has 1 saturated carbocycles.